The minimum Gasteiger partial charge on any atom is -0.493 e. The highest BCUT2D eigenvalue weighted by Crippen LogP contribution is 2.37. The van der Waals surface area contributed by atoms with E-state index >= 15 is 0 Å². The van der Waals surface area contributed by atoms with Gasteiger partial charge in [0, 0.05) is 81.7 Å². The van der Waals surface area contributed by atoms with E-state index in [9.17, 15) is 22.8 Å². The maximum atomic E-state index is 14.7. The second kappa shape index (κ2) is 28.3. The maximum absolute atomic E-state index is 14.7. The third-order valence-electron chi connectivity index (χ3n) is 13.0. The molecule has 0 spiro atoms. The zero-order chi connectivity index (χ0) is 60.2. The highest BCUT2D eigenvalue weighted by molar-refractivity contribution is 9.10. The first-order valence-corrected chi connectivity index (χ1v) is 28.6. The SMILES string of the molecule is CN(CCCOc1ccc(-c2n[nH]c3ccc(Br)cc23)c(F)c1)C(=O)OC(C)(C)C.CN(CCCOc1ccc(B2OC(C)(C)C(C)(C)O2)c(F)c1)C(=O)OC(C)(C)C.CNCCCOc1ccc(-c2n[nH]c3ccc(Br)cc23)c(F)c1. The molecule has 2 aromatic heterocycles. The van der Waals surface area contributed by atoms with E-state index in [2.05, 4.69) is 57.6 Å². The van der Waals surface area contributed by atoms with Crippen molar-refractivity contribution in [2.24, 2.45) is 0 Å². The fraction of sp³-hybridized carbons (Fsp3) is 0.433. The fourth-order valence-electron chi connectivity index (χ4n) is 7.98. The number of nitrogens with zero attached hydrogens (tertiary/aromatic N) is 4. The van der Waals surface area contributed by atoms with E-state index in [4.69, 9.17) is 33.0 Å². The molecule has 1 fully saturated rings. The number of benzene rings is 5. The Hall–Kier alpha value is -6.33. The van der Waals surface area contributed by atoms with Crippen LogP contribution in [0.5, 0.6) is 17.2 Å². The largest absolute Gasteiger partial charge is 0.497 e. The predicted octanol–water partition coefficient (Wildman–Crippen LogP) is 13.6. The molecular weight excluding hydrogens is 1190 g/mol. The molecule has 0 radical (unpaired) electrons. The van der Waals surface area contributed by atoms with Crippen LogP contribution in [0.3, 0.4) is 0 Å². The lowest BCUT2D eigenvalue weighted by atomic mass is 9.78. The van der Waals surface area contributed by atoms with Gasteiger partial charge in [0.25, 0.3) is 0 Å². The molecule has 3 heterocycles. The Labute approximate surface area is 495 Å². The molecule has 1 saturated heterocycles. The van der Waals surface area contributed by atoms with Crippen LogP contribution < -0.4 is 25.0 Å². The van der Waals surface area contributed by atoms with Crippen LogP contribution in [-0.2, 0) is 18.8 Å². The average molecular weight is 1270 g/mol. The number of aromatic amines is 2. The molecule has 2 amide bonds. The van der Waals surface area contributed by atoms with Gasteiger partial charge in [0.15, 0.2) is 0 Å². The van der Waals surface area contributed by atoms with Gasteiger partial charge in [-0.15, -0.1) is 0 Å². The number of H-pyrrole nitrogens is 2. The zero-order valence-electron chi connectivity index (χ0n) is 49.0. The summed E-state index contributed by atoms with van der Waals surface area (Å²) in [6.45, 7) is 21.7. The molecule has 0 atom stereocenters. The smallest absolute Gasteiger partial charge is 0.493 e. The van der Waals surface area contributed by atoms with Crippen molar-refractivity contribution in [3.63, 3.8) is 0 Å². The summed E-state index contributed by atoms with van der Waals surface area (Å²) in [5, 5.41) is 19.1. The number of carbonyl (C=O) groups excluding carboxylic acids is 2. The fourth-order valence-corrected chi connectivity index (χ4v) is 8.70. The van der Waals surface area contributed by atoms with Gasteiger partial charge < -0.3 is 48.1 Å². The van der Waals surface area contributed by atoms with Crippen molar-refractivity contribution in [1.82, 2.24) is 35.5 Å². The number of carbonyl (C=O) groups is 2. The number of halogens is 5. The summed E-state index contributed by atoms with van der Waals surface area (Å²) in [4.78, 5) is 26.8. The molecule has 1 aliphatic rings. The van der Waals surface area contributed by atoms with Crippen molar-refractivity contribution in [3.05, 3.63) is 117 Å². The van der Waals surface area contributed by atoms with Crippen LogP contribution in [0, 0.1) is 17.5 Å². The number of ether oxygens (including phenoxy) is 5. The van der Waals surface area contributed by atoms with Crippen LogP contribution >= 0.6 is 31.9 Å². The highest BCUT2D eigenvalue weighted by atomic mass is 79.9. The van der Waals surface area contributed by atoms with Crippen LogP contribution in [-0.4, -0.2) is 133 Å². The summed E-state index contributed by atoms with van der Waals surface area (Å²) in [5.41, 5.74) is 1.94. The Morgan fingerprint density at radius 1 is 0.598 bits per heavy atom. The Morgan fingerprint density at radius 2 is 0.988 bits per heavy atom. The molecule has 0 saturated carbocycles. The molecule has 8 rings (SSSR count). The molecule has 22 heteroatoms. The van der Waals surface area contributed by atoms with Crippen molar-refractivity contribution >= 4 is 78.4 Å². The predicted molar refractivity (Wildman–Crippen MR) is 322 cm³/mol. The summed E-state index contributed by atoms with van der Waals surface area (Å²) < 4.78 is 84.8. The van der Waals surface area contributed by atoms with Gasteiger partial charge in [-0.25, -0.2) is 22.8 Å². The maximum Gasteiger partial charge on any atom is 0.497 e. The number of hydrogen-bond acceptors (Lipinski definition) is 12. The second-order valence-electron chi connectivity index (χ2n) is 22.6. The third kappa shape index (κ3) is 18.3. The molecule has 16 nitrogen and oxygen atoms in total. The Morgan fingerprint density at radius 3 is 1.37 bits per heavy atom. The van der Waals surface area contributed by atoms with E-state index in [1.165, 1.54) is 28.0 Å². The van der Waals surface area contributed by atoms with E-state index < -0.39 is 41.2 Å². The summed E-state index contributed by atoms with van der Waals surface area (Å²) in [5.74, 6) is 0.186. The molecule has 5 aromatic carbocycles. The average Bonchev–Trinajstić information content (AvgIpc) is 4.09. The standard InChI is InChI=1S/C22H25BrFN3O3.C21H33BFNO5.C17H17BrFN3O/c1-22(2,3)30-21(28)27(4)10-5-11-29-15-7-8-16(18(24)13-15)20-17-12-14(23)6-9-19(17)25-26-20;1-19(2,3)27-18(25)24(8)12-9-13-26-15-10-11-16(17(23)14-15)22-28-20(4,5)21(6,7)29-22;1-20-7-2-8-23-12-4-5-13(15(19)10-12)17-14-9-11(18)3-6-16(14)21-22-17/h6-9,12-13H,5,10-11H2,1-4H3,(H,25,26);10-11,14H,9,12-13H2,1-8H3;3-6,9-10,20H,2,7-8H2,1H3,(H,21,22). The number of amides is 2. The number of hydrogen-bond donors (Lipinski definition) is 3. The first-order valence-electron chi connectivity index (χ1n) is 27.0. The topological polar surface area (TPSA) is 175 Å². The summed E-state index contributed by atoms with van der Waals surface area (Å²) in [7, 11) is 4.49. The van der Waals surface area contributed by atoms with E-state index in [1.807, 2.05) is 113 Å². The lowest BCUT2D eigenvalue weighted by Crippen LogP contribution is -2.41. The second-order valence-corrected chi connectivity index (χ2v) is 24.4. The first-order chi connectivity index (χ1) is 38.5. The Balaban J connectivity index is 0.000000199. The van der Waals surface area contributed by atoms with Crippen molar-refractivity contribution in [2.75, 3.05) is 60.6 Å². The monoisotopic (exact) mass is 1260 g/mol. The normalized spacial score (nSPS) is 13.7. The van der Waals surface area contributed by atoms with Gasteiger partial charge in [-0.1, -0.05) is 37.9 Å². The van der Waals surface area contributed by atoms with Crippen molar-refractivity contribution in [1.29, 1.82) is 0 Å². The van der Waals surface area contributed by atoms with Crippen molar-refractivity contribution in [2.45, 2.75) is 111 Å². The van der Waals surface area contributed by atoms with Crippen molar-refractivity contribution in [3.8, 4) is 39.8 Å². The molecule has 0 bridgehead atoms. The molecule has 442 valence electrons. The van der Waals surface area contributed by atoms with Crippen LogP contribution in [0.25, 0.3) is 44.3 Å². The van der Waals surface area contributed by atoms with Crippen LogP contribution in [0.4, 0.5) is 22.8 Å². The van der Waals surface area contributed by atoms with Gasteiger partial charge in [-0.05, 0) is 169 Å². The summed E-state index contributed by atoms with van der Waals surface area (Å²) in [6, 6.07) is 25.7. The quantitative estimate of drug-likeness (QED) is 0.0549. The van der Waals surface area contributed by atoms with Crippen LogP contribution in [0.15, 0.2) is 99.9 Å². The highest BCUT2D eigenvalue weighted by Gasteiger charge is 2.52. The molecule has 3 N–H and O–H groups in total. The van der Waals surface area contributed by atoms with Crippen molar-refractivity contribution < 1.29 is 55.8 Å². The molecule has 1 aliphatic heterocycles. The van der Waals surface area contributed by atoms with Crippen LogP contribution in [0.1, 0.15) is 88.5 Å². The van der Waals surface area contributed by atoms with Crippen LogP contribution in [0.2, 0.25) is 0 Å². The summed E-state index contributed by atoms with van der Waals surface area (Å²) >= 11 is 6.87. The van der Waals surface area contributed by atoms with Gasteiger partial charge in [-0.3, -0.25) is 10.2 Å². The molecule has 7 aromatic rings. The van der Waals surface area contributed by atoms with E-state index in [0.717, 1.165) is 43.7 Å². The molecule has 0 unspecified atom stereocenters. The van der Waals surface area contributed by atoms with E-state index in [0.29, 0.717) is 91.0 Å². The third-order valence-corrected chi connectivity index (χ3v) is 14.0. The minimum absolute atomic E-state index is 0.343. The number of aromatic nitrogens is 4. The van der Waals surface area contributed by atoms with E-state index in [1.54, 1.807) is 50.5 Å². The molecule has 0 aliphatic carbocycles. The molecule has 82 heavy (non-hydrogen) atoms. The van der Waals surface area contributed by atoms with Gasteiger partial charge in [0.1, 0.15) is 57.3 Å². The lowest BCUT2D eigenvalue weighted by Gasteiger charge is -2.32. The molecular formula is C60H75BBr2F3N7O9. The summed E-state index contributed by atoms with van der Waals surface area (Å²) in [6.07, 6.45) is 1.30. The van der Waals surface area contributed by atoms with Gasteiger partial charge in [0.05, 0.1) is 42.1 Å². The van der Waals surface area contributed by atoms with E-state index in [-0.39, 0.29) is 18.0 Å². The minimum atomic E-state index is -0.753. The van der Waals surface area contributed by atoms with Gasteiger partial charge >= 0.3 is 19.3 Å². The van der Waals surface area contributed by atoms with Gasteiger partial charge in [0.2, 0.25) is 0 Å². The first kappa shape index (κ1) is 64.8. The number of rotatable bonds is 18. The Kier molecular flexibility index (Phi) is 22.4. The number of nitrogens with one attached hydrogen (secondary N) is 3. The lowest BCUT2D eigenvalue weighted by molar-refractivity contribution is 0.00578. The van der Waals surface area contributed by atoms with Gasteiger partial charge in [-0.2, -0.15) is 10.2 Å². The zero-order valence-corrected chi connectivity index (χ0v) is 52.1. The Bertz CT molecular complexity index is 3260. The number of fused-ring (bicyclic) bond motifs is 2.